The maximum atomic E-state index is 13.1. The molecule has 11 heteroatoms. The van der Waals surface area contributed by atoms with Crippen LogP contribution in [-0.4, -0.2) is 34.9 Å². The number of non-ortho nitro benzene ring substituents is 1. The number of tetrazole rings is 1. The van der Waals surface area contributed by atoms with Gasteiger partial charge in [-0.2, -0.15) is 9.90 Å². The zero-order valence-corrected chi connectivity index (χ0v) is 14.9. The van der Waals surface area contributed by atoms with Crippen molar-refractivity contribution in [2.45, 2.75) is 6.54 Å². The fourth-order valence-electron chi connectivity index (χ4n) is 2.55. The summed E-state index contributed by atoms with van der Waals surface area (Å²) in [5, 5.41) is 27.4. The number of hydrogen-bond donors (Lipinski definition) is 0. The molecule has 4 rings (SSSR count). The minimum atomic E-state index is -0.462. The van der Waals surface area contributed by atoms with E-state index in [1.54, 1.807) is 24.3 Å². The van der Waals surface area contributed by atoms with Crippen LogP contribution in [0.1, 0.15) is 5.56 Å². The molecule has 0 radical (unpaired) electrons. The number of rotatable bonds is 5. The van der Waals surface area contributed by atoms with Crippen LogP contribution in [0.2, 0.25) is 5.15 Å². The van der Waals surface area contributed by atoms with Crippen molar-refractivity contribution < 1.29 is 9.31 Å². The van der Waals surface area contributed by atoms with Crippen LogP contribution in [-0.2, 0) is 6.54 Å². The fourth-order valence-corrected chi connectivity index (χ4v) is 2.82. The summed E-state index contributed by atoms with van der Waals surface area (Å²) in [4.78, 5) is 11.6. The standard InChI is InChI=1S/C17H11ClFN7O2/c18-16-15(9-20-25(16)13-7-3-12(19)4-8-13)17-21-23-24(22-17)10-11-1-5-14(6-2-11)26(27)28/h1-9H,10H2. The highest BCUT2D eigenvalue weighted by atomic mass is 35.5. The van der Waals surface area contributed by atoms with Crippen LogP contribution < -0.4 is 0 Å². The summed E-state index contributed by atoms with van der Waals surface area (Å²) >= 11 is 6.38. The normalized spacial score (nSPS) is 10.9. The third kappa shape index (κ3) is 3.45. The molecule has 2 heterocycles. The molecule has 0 fully saturated rings. The average Bonchev–Trinajstić information content (AvgIpc) is 3.29. The first-order chi connectivity index (χ1) is 13.5. The second-order valence-electron chi connectivity index (χ2n) is 5.80. The van der Waals surface area contributed by atoms with Gasteiger partial charge in [0.1, 0.15) is 11.0 Å². The largest absolute Gasteiger partial charge is 0.269 e. The number of nitro benzene ring substituents is 1. The van der Waals surface area contributed by atoms with E-state index in [0.717, 1.165) is 5.56 Å². The van der Waals surface area contributed by atoms with Gasteiger partial charge in [-0.25, -0.2) is 9.07 Å². The highest BCUT2D eigenvalue weighted by Crippen LogP contribution is 2.27. The van der Waals surface area contributed by atoms with Crippen LogP contribution >= 0.6 is 11.6 Å². The van der Waals surface area contributed by atoms with Crippen molar-refractivity contribution in [3.8, 4) is 17.1 Å². The summed E-state index contributed by atoms with van der Waals surface area (Å²) in [5.41, 5.74) is 1.86. The van der Waals surface area contributed by atoms with Crippen LogP contribution in [0.5, 0.6) is 0 Å². The molecule has 0 amide bonds. The Hall–Kier alpha value is -3.66. The zero-order valence-electron chi connectivity index (χ0n) is 14.1. The summed E-state index contributed by atoms with van der Waals surface area (Å²) in [6, 6.07) is 11.8. The van der Waals surface area contributed by atoms with E-state index < -0.39 is 4.92 Å². The SMILES string of the molecule is O=[N+]([O-])c1ccc(Cn2nnc(-c3cnn(-c4ccc(F)cc4)c3Cl)n2)cc1. The fraction of sp³-hybridized carbons (Fsp3) is 0.0588. The van der Waals surface area contributed by atoms with Crippen molar-refractivity contribution in [2.75, 3.05) is 0 Å². The van der Waals surface area contributed by atoms with Crippen LogP contribution in [0.25, 0.3) is 17.1 Å². The van der Waals surface area contributed by atoms with Gasteiger partial charge in [0.15, 0.2) is 0 Å². The van der Waals surface area contributed by atoms with E-state index in [1.165, 1.54) is 39.9 Å². The van der Waals surface area contributed by atoms with Crippen molar-refractivity contribution in [1.29, 1.82) is 0 Å². The lowest BCUT2D eigenvalue weighted by atomic mass is 10.2. The average molecular weight is 400 g/mol. The second kappa shape index (κ2) is 7.16. The highest BCUT2D eigenvalue weighted by Gasteiger charge is 2.17. The van der Waals surface area contributed by atoms with E-state index in [-0.39, 0.29) is 29.0 Å². The molecule has 0 aliphatic rings. The lowest BCUT2D eigenvalue weighted by Gasteiger charge is -2.02. The molecule has 28 heavy (non-hydrogen) atoms. The van der Waals surface area contributed by atoms with Crippen molar-refractivity contribution in [3.05, 3.63) is 81.4 Å². The topological polar surface area (TPSA) is 105 Å². The van der Waals surface area contributed by atoms with Gasteiger partial charge in [-0.1, -0.05) is 23.7 Å². The van der Waals surface area contributed by atoms with Crippen LogP contribution in [0.15, 0.2) is 54.7 Å². The summed E-state index contributed by atoms with van der Waals surface area (Å²) in [7, 11) is 0. The number of nitrogens with zero attached hydrogens (tertiary/aromatic N) is 7. The molecule has 0 aliphatic heterocycles. The summed E-state index contributed by atoms with van der Waals surface area (Å²) in [6.45, 7) is 0.286. The van der Waals surface area contributed by atoms with E-state index in [0.29, 0.717) is 11.3 Å². The molecule has 0 saturated heterocycles. The summed E-state index contributed by atoms with van der Waals surface area (Å²) < 4.78 is 14.5. The van der Waals surface area contributed by atoms with E-state index in [2.05, 4.69) is 20.5 Å². The third-order valence-electron chi connectivity index (χ3n) is 3.95. The van der Waals surface area contributed by atoms with Gasteiger partial charge in [-0.15, -0.1) is 10.2 Å². The van der Waals surface area contributed by atoms with Gasteiger partial charge in [-0.05, 0) is 35.0 Å². The van der Waals surface area contributed by atoms with Crippen molar-refractivity contribution in [3.63, 3.8) is 0 Å². The Kier molecular flexibility index (Phi) is 4.53. The van der Waals surface area contributed by atoms with Crippen molar-refractivity contribution >= 4 is 17.3 Å². The van der Waals surface area contributed by atoms with E-state index in [1.807, 2.05) is 0 Å². The Labute approximate surface area is 162 Å². The maximum absolute atomic E-state index is 13.1. The minimum absolute atomic E-state index is 0.0102. The Morgan fingerprint density at radius 1 is 1.11 bits per heavy atom. The second-order valence-corrected chi connectivity index (χ2v) is 6.16. The molecule has 9 nitrogen and oxygen atoms in total. The quantitative estimate of drug-likeness (QED) is 0.376. The first kappa shape index (κ1) is 17.7. The number of nitro groups is 1. The molecule has 0 spiro atoms. The van der Waals surface area contributed by atoms with Gasteiger partial charge in [0, 0.05) is 12.1 Å². The van der Waals surface area contributed by atoms with E-state index in [4.69, 9.17) is 11.6 Å². The molecule has 4 aromatic rings. The molecule has 0 N–H and O–H groups in total. The summed E-state index contributed by atoms with van der Waals surface area (Å²) in [5.74, 6) is -0.0802. The summed E-state index contributed by atoms with van der Waals surface area (Å²) in [6.07, 6.45) is 1.50. The van der Waals surface area contributed by atoms with Crippen molar-refractivity contribution in [1.82, 2.24) is 30.0 Å². The van der Waals surface area contributed by atoms with Crippen LogP contribution in [0, 0.1) is 15.9 Å². The van der Waals surface area contributed by atoms with Gasteiger partial charge in [-0.3, -0.25) is 10.1 Å². The number of benzene rings is 2. The van der Waals surface area contributed by atoms with Gasteiger partial charge >= 0.3 is 0 Å². The van der Waals surface area contributed by atoms with Crippen molar-refractivity contribution in [2.24, 2.45) is 0 Å². The molecule has 0 aliphatic carbocycles. The third-order valence-corrected chi connectivity index (χ3v) is 4.31. The molecule has 0 saturated carbocycles. The molecular formula is C17H11ClFN7O2. The first-order valence-corrected chi connectivity index (χ1v) is 8.40. The molecule has 0 atom stereocenters. The predicted molar refractivity (Wildman–Crippen MR) is 97.5 cm³/mol. The Morgan fingerprint density at radius 2 is 1.82 bits per heavy atom. The van der Waals surface area contributed by atoms with Gasteiger partial charge < -0.3 is 0 Å². The highest BCUT2D eigenvalue weighted by molar-refractivity contribution is 6.32. The van der Waals surface area contributed by atoms with Gasteiger partial charge in [0.25, 0.3) is 5.69 Å². The number of halogens is 2. The molecule has 0 unspecified atom stereocenters. The molecule has 2 aromatic heterocycles. The van der Waals surface area contributed by atoms with E-state index >= 15 is 0 Å². The number of hydrogen-bond acceptors (Lipinski definition) is 6. The first-order valence-electron chi connectivity index (χ1n) is 8.02. The minimum Gasteiger partial charge on any atom is -0.258 e. The van der Waals surface area contributed by atoms with Crippen LogP contribution in [0.4, 0.5) is 10.1 Å². The van der Waals surface area contributed by atoms with Crippen LogP contribution in [0.3, 0.4) is 0 Å². The zero-order chi connectivity index (χ0) is 19.7. The smallest absolute Gasteiger partial charge is 0.258 e. The molecule has 2 aromatic carbocycles. The monoisotopic (exact) mass is 399 g/mol. The predicted octanol–water partition coefficient (Wildman–Crippen LogP) is 3.27. The molecule has 140 valence electrons. The lowest BCUT2D eigenvalue weighted by Crippen LogP contribution is -2.04. The number of aromatic nitrogens is 6. The molecule has 0 bridgehead atoms. The van der Waals surface area contributed by atoms with Gasteiger partial charge in [0.05, 0.1) is 28.9 Å². The molecular weight excluding hydrogens is 389 g/mol. The Balaban J connectivity index is 1.56. The maximum Gasteiger partial charge on any atom is 0.269 e. The Morgan fingerprint density at radius 3 is 2.50 bits per heavy atom. The van der Waals surface area contributed by atoms with Gasteiger partial charge in [0.2, 0.25) is 5.82 Å². The Bertz CT molecular complexity index is 1140. The van der Waals surface area contributed by atoms with E-state index in [9.17, 15) is 14.5 Å². The lowest BCUT2D eigenvalue weighted by molar-refractivity contribution is -0.384.